The summed E-state index contributed by atoms with van der Waals surface area (Å²) in [7, 11) is -3.43. The minimum atomic E-state index is -3.43. The van der Waals surface area contributed by atoms with E-state index in [9.17, 15) is 8.42 Å². The highest BCUT2D eigenvalue weighted by Gasteiger charge is 2.23. The van der Waals surface area contributed by atoms with E-state index in [-0.39, 0.29) is 0 Å². The summed E-state index contributed by atoms with van der Waals surface area (Å²) in [4.78, 5) is 2.52. The number of hydrogen-bond donors (Lipinski definition) is 2. The van der Waals surface area contributed by atoms with Crippen LogP contribution in [0, 0.1) is 0 Å². The maximum Gasteiger partial charge on any atom is 0.242 e. The Balaban J connectivity index is 2.30. The van der Waals surface area contributed by atoms with E-state index in [0.717, 1.165) is 31.7 Å². The fraction of sp³-hybridized carbons (Fsp3) is 0.571. The molecule has 1 atom stereocenters. The third kappa shape index (κ3) is 3.50. The fourth-order valence-corrected chi connectivity index (χ4v) is 3.77. The molecule has 0 bridgehead atoms. The zero-order chi connectivity index (χ0) is 14.6. The summed E-state index contributed by atoms with van der Waals surface area (Å²) in [5.74, 6) is 0. The van der Waals surface area contributed by atoms with Gasteiger partial charge >= 0.3 is 0 Å². The zero-order valence-corrected chi connectivity index (χ0v) is 12.9. The number of hydrogen-bond acceptors (Lipinski definition) is 4. The van der Waals surface area contributed by atoms with Crippen LogP contribution in [0.5, 0.6) is 0 Å². The third-order valence-electron chi connectivity index (χ3n) is 3.41. The fourth-order valence-electron chi connectivity index (χ4n) is 2.41. The molecule has 0 spiro atoms. The number of benzene rings is 1. The highest BCUT2D eigenvalue weighted by atomic mass is 32.2. The van der Waals surface area contributed by atoms with Gasteiger partial charge in [-0.25, -0.2) is 13.1 Å². The van der Waals surface area contributed by atoms with Crippen molar-refractivity contribution in [2.24, 2.45) is 0 Å². The van der Waals surface area contributed by atoms with Crippen molar-refractivity contribution in [3.63, 3.8) is 0 Å². The summed E-state index contributed by atoms with van der Waals surface area (Å²) in [6.45, 7) is 7.04. The number of para-hydroxylation sites is 1. The van der Waals surface area contributed by atoms with Gasteiger partial charge in [-0.2, -0.15) is 0 Å². The SMILES string of the molecule is CCCNS(=O)(=O)c1ccccc1N1CCNC(C)C1. The molecule has 0 amide bonds. The number of piperazine rings is 1. The Morgan fingerprint density at radius 2 is 2.15 bits per heavy atom. The average Bonchev–Trinajstić information content (AvgIpc) is 2.45. The van der Waals surface area contributed by atoms with Gasteiger partial charge in [0.25, 0.3) is 0 Å². The Bertz CT molecular complexity index is 545. The van der Waals surface area contributed by atoms with Gasteiger partial charge < -0.3 is 10.2 Å². The average molecular weight is 297 g/mol. The van der Waals surface area contributed by atoms with Crippen molar-refractivity contribution in [3.8, 4) is 0 Å². The molecule has 20 heavy (non-hydrogen) atoms. The number of anilines is 1. The Labute approximate surface area is 121 Å². The molecule has 1 fully saturated rings. The molecule has 1 aliphatic rings. The largest absolute Gasteiger partial charge is 0.368 e. The molecule has 0 aromatic heterocycles. The van der Waals surface area contributed by atoms with Crippen molar-refractivity contribution >= 4 is 15.7 Å². The van der Waals surface area contributed by atoms with Crippen LogP contribution in [-0.2, 0) is 10.0 Å². The summed E-state index contributed by atoms with van der Waals surface area (Å²) in [5.41, 5.74) is 0.796. The van der Waals surface area contributed by atoms with E-state index < -0.39 is 10.0 Å². The quantitative estimate of drug-likeness (QED) is 0.856. The van der Waals surface area contributed by atoms with E-state index in [4.69, 9.17) is 0 Å². The van der Waals surface area contributed by atoms with Crippen molar-refractivity contribution in [1.29, 1.82) is 0 Å². The molecule has 112 valence electrons. The minimum Gasteiger partial charge on any atom is -0.368 e. The Kier molecular flexibility index (Phi) is 5.01. The Morgan fingerprint density at radius 3 is 2.85 bits per heavy atom. The molecule has 0 saturated carbocycles. The maximum atomic E-state index is 12.4. The monoisotopic (exact) mass is 297 g/mol. The summed E-state index contributed by atoms with van der Waals surface area (Å²) < 4.78 is 27.4. The van der Waals surface area contributed by atoms with E-state index in [1.165, 1.54) is 0 Å². The first-order chi connectivity index (χ1) is 9.54. The number of sulfonamides is 1. The molecule has 1 heterocycles. The van der Waals surface area contributed by atoms with Crippen LogP contribution in [0.15, 0.2) is 29.2 Å². The molecule has 0 radical (unpaired) electrons. The predicted molar refractivity (Wildman–Crippen MR) is 81.6 cm³/mol. The van der Waals surface area contributed by atoms with E-state index in [1.54, 1.807) is 12.1 Å². The van der Waals surface area contributed by atoms with Crippen LogP contribution in [0.3, 0.4) is 0 Å². The van der Waals surface area contributed by atoms with Gasteiger partial charge in [-0.05, 0) is 25.5 Å². The van der Waals surface area contributed by atoms with E-state index in [0.29, 0.717) is 17.5 Å². The first-order valence-corrected chi connectivity index (χ1v) is 8.60. The molecule has 1 aromatic carbocycles. The molecule has 6 heteroatoms. The topological polar surface area (TPSA) is 61.4 Å². The highest BCUT2D eigenvalue weighted by Crippen LogP contribution is 2.25. The van der Waals surface area contributed by atoms with Crippen molar-refractivity contribution < 1.29 is 8.42 Å². The molecule has 1 aliphatic heterocycles. The van der Waals surface area contributed by atoms with Crippen LogP contribution in [-0.4, -0.2) is 40.6 Å². The van der Waals surface area contributed by atoms with Crippen LogP contribution in [0.1, 0.15) is 20.3 Å². The summed E-state index contributed by atoms with van der Waals surface area (Å²) in [6, 6.07) is 7.60. The lowest BCUT2D eigenvalue weighted by Crippen LogP contribution is -2.49. The second-order valence-electron chi connectivity index (χ2n) is 5.17. The van der Waals surface area contributed by atoms with Gasteiger partial charge in [0.05, 0.1) is 5.69 Å². The molecule has 2 N–H and O–H groups in total. The summed E-state index contributed by atoms with van der Waals surface area (Å²) in [5, 5.41) is 3.37. The second-order valence-corrected chi connectivity index (χ2v) is 6.90. The first kappa shape index (κ1) is 15.3. The van der Waals surface area contributed by atoms with Crippen LogP contribution in [0.4, 0.5) is 5.69 Å². The minimum absolute atomic E-state index is 0.364. The van der Waals surface area contributed by atoms with Crippen molar-refractivity contribution in [2.45, 2.75) is 31.2 Å². The van der Waals surface area contributed by atoms with Crippen molar-refractivity contribution in [1.82, 2.24) is 10.0 Å². The van der Waals surface area contributed by atoms with Gasteiger partial charge in [-0.15, -0.1) is 0 Å². The third-order valence-corrected chi connectivity index (χ3v) is 4.91. The lowest BCUT2D eigenvalue weighted by Gasteiger charge is -2.34. The standard InChI is InChI=1S/C14H23N3O2S/c1-3-8-16-20(18,19)14-7-5-4-6-13(14)17-10-9-15-12(2)11-17/h4-7,12,15-16H,3,8-11H2,1-2H3. The normalized spacial score (nSPS) is 20.1. The van der Waals surface area contributed by atoms with E-state index in [1.807, 2.05) is 19.1 Å². The molecule has 0 aliphatic carbocycles. The van der Waals surface area contributed by atoms with Gasteiger partial charge in [0.2, 0.25) is 10.0 Å². The van der Waals surface area contributed by atoms with Gasteiger partial charge in [-0.3, -0.25) is 0 Å². The number of rotatable bonds is 5. The predicted octanol–water partition coefficient (Wildman–Crippen LogP) is 1.17. The molecule has 1 aromatic rings. The summed E-state index contributed by atoms with van der Waals surface area (Å²) in [6.07, 6.45) is 0.784. The maximum absolute atomic E-state index is 12.4. The summed E-state index contributed by atoms with van der Waals surface area (Å²) >= 11 is 0. The van der Waals surface area contributed by atoms with Crippen LogP contribution in [0.2, 0.25) is 0 Å². The Morgan fingerprint density at radius 1 is 1.40 bits per heavy atom. The molecule has 1 saturated heterocycles. The Hall–Kier alpha value is -1.11. The van der Waals surface area contributed by atoms with E-state index >= 15 is 0 Å². The smallest absolute Gasteiger partial charge is 0.242 e. The highest BCUT2D eigenvalue weighted by molar-refractivity contribution is 7.89. The van der Waals surface area contributed by atoms with Crippen LogP contribution in [0.25, 0.3) is 0 Å². The molecule has 2 rings (SSSR count). The molecule has 1 unspecified atom stereocenters. The van der Waals surface area contributed by atoms with Crippen molar-refractivity contribution in [2.75, 3.05) is 31.1 Å². The number of nitrogens with zero attached hydrogens (tertiary/aromatic N) is 1. The molecular weight excluding hydrogens is 274 g/mol. The van der Waals surface area contributed by atoms with Gasteiger partial charge in [0, 0.05) is 32.2 Å². The molecule has 5 nitrogen and oxygen atoms in total. The lowest BCUT2D eigenvalue weighted by atomic mass is 10.2. The number of nitrogens with one attached hydrogen (secondary N) is 2. The van der Waals surface area contributed by atoms with Crippen molar-refractivity contribution in [3.05, 3.63) is 24.3 Å². The van der Waals surface area contributed by atoms with Gasteiger partial charge in [0.1, 0.15) is 4.90 Å². The zero-order valence-electron chi connectivity index (χ0n) is 12.1. The van der Waals surface area contributed by atoms with Crippen LogP contribution < -0.4 is 14.9 Å². The van der Waals surface area contributed by atoms with E-state index in [2.05, 4.69) is 21.9 Å². The van der Waals surface area contributed by atoms with Gasteiger partial charge in [0.15, 0.2) is 0 Å². The van der Waals surface area contributed by atoms with Gasteiger partial charge in [-0.1, -0.05) is 19.1 Å². The molecular formula is C14H23N3O2S. The first-order valence-electron chi connectivity index (χ1n) is 7.11. The van der Waals surface area contributed by atoms with Crippen LogP contribution >= 0.6 is 0 Å². The lowest BCUT2D eigenvalue weighted by molar-refractivity contribution is 0.482. The second kappa shape index (κ2) is 6.56.